The summed E-state index contributed by atoms with van der Waals surface area (Å²) in [5.74, 6) is 0. The van der Waals surface area contributed by atoms with Crippen molar-refractivity contribution in [2.75, 3.05) is 19.7 Å². The Labute approximate surface area is 100 Å². The Hall–Kier alpha value is -0.120. The van der Waals surface area contributed by atoms with Gasteiger partial charge in [-0.05, 0) is 41.5 Å². The minimum Gasteiger partial charge on any atom is -0.395 e. The van der Waals surface area contributed by atoms with Gasteiger partial charge >= 0.3 is 0 Å². The highest BCUT2D eigenvalue weighted by atomic mass is 16.3. The molecule has 0 amide bonds. The zero-order chi connectivity index (χ0) is 12.5. The van der Waals surface area contributed by atoms with E-state index in [1.165, 1.54) is 0 Å². The van der Waals surface area contributed by atoms with Gasteiger partial charge in [0.2, 0.25) is 0 Å². The SMILES string of the molecule is CC(C)N1C[C@@H](CO)N(C(C)(C)C)C[C@@H]1C. The third kappa shape index (κ3) is 2.96. The van der Waals surface area contributed by atoms with Crippen molar-refractivity contribution in [3.05, 3.63) is 0 Å². The van der Waals surface area contributed by atoms with Crippen molar-refractivity contribution in [1.29, 1.82) is 0 Å². The Morgan fingerprint density at radius 3 is 2.19 bits per heavy atom. The van der Waals surface area contributed by atoms with Crippen LogP contribution in [0.4, 0.5) is 0 Å². The van der Waals surface area contributed by atoms with Crippen LogP contribution in [0.15, 0.2) is 0 Å². The summed E-state index contributed by atoms with van der Waals surface area (Å²) in [5.41, 5.74) is 0.144. The van der Waals surface area contributed by atoms with Crippen molar-refractivity contribution in [3.63, 3.8) is 0 Å². The first kappa shape index (κ1) is 13.9. The van der Waals surface area contributed by atoms with Gasteiger partial charge in [-0.2, -0.15) is 0 Å². The lowest BCUT2D eigenvalue weighted by Gasteiger charge is -2.51. The summed E-state index contributed by atoms with van der Waals surface area (Å²) in [6, 6.07) is 1.41. The van der Waals surface area contributed by atoms with Crippen LogP contribution in [0.5, 0.6) is 0 Å². The zero-order valence-corrected chi connectivity index (χ0v) is 11.7. The van der Waals surface area contributed by atoms with E-state index in [-0.39, 0.29) is 18.2 Å². The van der Waals surface area contributed by atoms with Gasteiger partial charge < -0.3 is 5.11 Å². The largest absolute Gasteiger partial charge is 0.395 e. The summed E-state index contributed by atoms with van der Waals surface area (Å²) in [6.45, 7) is 15.7. The molecule has 2 atom stereocenters. The number of hydrogen-bond donors (Lipinski definition) is 1. The van der Waals surface area contributed by atoms with E-state index in [1.807, 2.05) is 0 Å². The number of rotatable bonds is 2. The van der Waals surface area contributed by atoms with Crippen LogP contribution in [-0.4, -0.2) is 58.3 Å². The minimum absolute atomic E-state index is 0.144. The molecule has 1 fully saturated rings. The molecule has 0 aromatic heterocycles. The summed E-state index contributed by atoms with van der Waals surface area (Å²) in [7, 11) is 0. The second kappa shape index (κ2) is 5.03. The molecular weight excluding hydrogens is 200 g/mol. The molecule has 1 N–H and O–H groups in total. The fourth-order valence-electron chi connectivity index (χ4n) is 2.76. The molecule has 0 radical (unpaired) electrons. The van der Waals surface area contributed by atoms with E-state index in [0.717, 1.165) is 13.1 Å². The maximum atomic E-state index is 9.54. The first-order chi connectivity index (χ1) is 7.27. The molecule has 0 aliphatic carbocycles. The summed E-state index contributed by atoms with van der Waals surface area (Å²) in [6.07, 6.45) is 0. The van der Waals surface area contributed by atoms with E-state index in [1.54, 1.807) is 0 Å². The lowest BCUT2D eigenvalue weighted by Crippen LogP contribution is -2.64. The summed E-state index contributed by atoms with van der Waals surface area (Å²) >= 11 is 0. The summed E-state index contributed by atoms with van der Waals surface area (Å²) < 4.78 is 0. The fourth-order valence-corrected chi connectivity index (χ4v) is 2.76. The second-order valence-electron chi connectivity index (χ2n) is 6.30. The lowest BCUT2D eigenvalue weighted by atomic mass is 9.97. The summed E-state index contributed by atoms with van der Waals surface area (Å²) in [5, 5.41) is 9.54. The first-order valence-corrected chi connectivity index (χ1v) is 6.40. The van der Waals surface area contributed by atoms with Crippen LogP contribution < -0.4 is 0 Å². The summed E-state index contributed by atoms with van der Waals surface area (Å²) in [4.78, 5) is 4.93. The van der Waals surface area contributed by atoms with Crippen molar-refractivity contribution in [2.45, 2.75) is 65.2 Å². The average molecular weight is 228 g/mol. The van der Waals surface area contributed by atoms with Gasteiger partial charge in [0.1, 0.15) is 0 Å². The van der Waals surface area contributed by atoms with Gasteiger partial charge in [0.05, 0.1) is 6.61 Å². The van der Waals surface area contributed by atoms with Crippen molar-refractivity contribution in [3.8, 4) is 0 Å². The van der Waals surface area contributed by atoms with Gasteiger partial charge in [0.15, 0.2) is 0 Å². The average Bonchev–Trinajstić information content (AvgIpc) is 2.15. The molecule has 1 rings (SSSR count). The smallest absolute Gasteiger partial charge is 0.0599 e. The first-order valence-electron chi connectivity index (χ1n) is 6.40. The highest BCUT2D eigenvalue weighted by Gasteiger charge is 2.37. The lowest BCUT2D eigenvalue weighted by molar-refractivity contribution is -0.0477. The highest BCUT2D eigenvalue weighted by Crippen LogP contribution is 2.25. The minimum atomic E-state index is 0.144. The van der Waals surface area contributed by atoms with Crippen LogP contribution in [0.3, 0.4) is 0 Å². The molecule has 0 aromatic carbocycles. The molecule has 1 heterocycles. The van der Waals surface area contributed by atoms with Crippen molar-refractivity contribution in [1.82, 2.24) is 9.80 Å². The van der Waals surface area contributed by atoms with Crippen LogP contribution in [0, 0.1) is 0 Å². The van der Waals surface area contributed by atoms with Gasteiger partial charge in [-0.15, -0.1) is 0 Å². The van der Waals surface area contributed by atoms with Crippen LogP contribution in [-0.2, 0) is 0 Å². The molecule has 1 aliphatic rings. The molecule has 0 saturated carbocycles. The van der Waals surface area contributed by atoms with Gasteiger partial charge in [-0.3, -0.25) is 9.80 Å². The maximum absolute atomic E-state index is 9.54. The van der Waals surface area contributed by atoms with Crippen LogP contribution >= 0.6 is 0 Å². The predicted molar refractivity (Wildman–Crippen MR) is 68.6 cm³/mol. The Balaban J connectivity index is 2.78. The molecular formula is C13H28N2O. The fraction of sp³-hybridized carbons (Fsp3) is 1.00. The molecule has 96 valence electrons. The van der Waals surface area contributed by atoms with E-state index in [4.69, 9.17) is 0 Å². The quantitative estimate of drug-likeness (QED) is 0.777. The third-order valence-electron chi connectivity index (χ3n) is 3.63. The highest BCUT2D eigenvalue weighted by molar-refractivity contribution is 4.93. The van der Waals surface area contributed by atoms with Gasteiger partial charge in [-0.25, -0.2) is 0 Å². The molecule has 0 unspecified atom stereocenters. The van der Waals surface area contributed by atoms with Crippen LogP contribution in [0.1, 0.15) is 41.5 Å². The zero-order valence-electron chi connectivity index (χ0n) is 11.7. The maximum Gasteiger partial charge on any atom is 0.0599 e. The van der Waals surface area contributed by atoms with Crippen molar-refractivity contribution >= 4 is 0 Å². The predicted octanol–water partition coefficient (Wildman–Crippen LogP) is 1.56. The number of hydrogen-bond acceptors (Lipinski definition) is 3. The van der Waals surface area contributed by atoms with E-state index < -0.39 is 0 Å². The molecule has 16 heavy (non-hydrogen) atoms. The van der Waals surface area contributed by atoms with Gasteiger partial charge in [0.25, 0.3) is 0 Å². The van der Waals surface area contributed by atoms with E-state index in [2.05, 4.69) is 51.3 Å². The number of piperazine rings is 1. The van der Waals surface area contributed by atoms with E-state index in [0.29, 0.717) is 12.1 Å². The molecule has 3 nitrogen and oxygen atoms in total. The molecule has 3 heteroatoms. The molecule has 1 aliphatic heterocycles. The Morgan fingerprint density at radius 2 is 1.81 bits per heavy atom. The Bertz CT molecular complexity index is 222. The molecule has 1 saturated heterocycles. The number of aliphatic hydroxyl groups is 1. The van der Waals surface area contributed by atoms with E-state index in [9.17, 15) is 5.11 Å². The third-order valence-corrected chi connectivity index (χ3v) is 3.63. The topological polar surface area (TPSA) is 26.7 Å². The second-order valence-corrected chi connectivity index (χ2v) is 6.30. The normalized spacial score (nSPS) is 30.0. The molecule has 0 spiro atoms. The monoisotopic (exact) mass is 228 g/mol. The van der Waals surface area contributed by atoms with Gasteiger partial charge in [0, 0.05) is 36.8 Å². The van der Waals surface area contributed by atoms with Crippen LogP contribution in [0.25, 0.3) is 0 Å². The van der Waals surface area contributed by atoms with Crippen molar-refractivity contribution in [2.24, 2.45) is 0 Å². The van der Waals surface area contributed by atoms with E-state index >= 15 is 0 Å². The Morgan fingerprint density at radius 1 is 1.25 bits per heavy atom. The molecule has 0 aromatic rings. The van der Waals surface area contributed by atoms with Crippen molar-refractivity contribution < 1.29 is 5.11 Å². The Kier molecular flexibility index (Phi) is 4.38. The molecule has 0 bridgehead atoms. The number of aliphatic hydroxyl groups excluding tert-OH is 1. The number of nitrogens with zero attached hydrogens (tertiary/aromatic N) is 2. The van der Waals surface area contributed by atoms with Gasteiger partial charge in [-0.1, -0.05) is 0 Å². The standard InChI is InChI=1S/C13H28N2O/c1-10(2)14-8-12(9-16)15(7-11(14)3)13(4,5)6/h10-12,16H,7-9H2,1-6H3/t11-,12-/m0/s1. The van der Waals surface area contributed by atoms with Crippen LogP contribution in [0.2, 0.25) is 0 Å².